The quantitative estimate of drug-likeness (QED) is 0.700. The second-order valence-corrected chi connectivity index (χ2v) is 8.69. The Morgan fingerprint density at radius 2 is 1.47 bits per heavy atom. The molecule has 0 radical (unpaired) electrons. The fourth-order valence-electron chi connectivity index (χ4n) is 2.74. The van der Waals surface area contributed by atoms with Crippen LogP contribution in [-0.2, 0) is 10.0 Å². The van der Waals surface area contributed by atoms with E-state index in [4.69, 9.17) is 0 Å². The van der Waals surface area contributed by atoms with Gasteiger partial charge in [-0.15, -0.1) is 0 Å². The summed E-state index contributed by atoms with van der Waals surface area (Å²) in [4.78, 5) is 0.245. The van der Waals surface area contributed by atoms with Crippen molar-refractivity contribution in [2.75, 3.05) is 13.1 Å². The Bertz CT molecular complexity index is 1150. The molecule has 0 fully saturated rings. The molecular formula is C26H23NO2S. The molecule has 1 aliphatic rings. The third-order valence-electron chi connectivity index (χ3n) is 4.42. The molecule has 0 spiro atoms. The van der Waals surface area contributed by atoms with E-state index >= 15 is 0 Å². The maximum Gasteiger partial charge on any atom is 0.244 e. The topological polar surface area (TPSA) is 37.4 Å². The lowest BCUT2D eigenvalue weighted by molar-refractivity contribution is 0.482. The zero-order valence-electron chi connectivity index (χ0n) is 16.8. The molecule has 0 saturated heterocycles. The Hall–Kier alpha value is -3.31. The highest BCUT2D eigenvalue weighted by Crippen LogP contribution is 2.16. The van der Waals surface area contributed by atoms with Crippen LogP contribution < -0.4 is 0 Å². The lowest BCUT2D eigenvalue weighted by Crippen LogP contribution is -2.32. The molecular weight excluding hydrogens is 390 g/mol. The van der Waals surface area contributed by atoms with Gasteiger partial charge in [-0.1, -0.05) is 96.0 Å². The van der Waals surface area contributed by atoms with Gasteiger partial charge in [0.05, 0.1) is 23.9 Å². The summed E-state index contributed by atoms with van der Waals surface area (Å²) in [5, 5.41) is 0. The largest absolute Gasteiger partial charge is 0.244 e. The number of rotatable bonds is 4. The molecule has 150 valence electrons. The van der Waals surface area contributed by atoms with Crippen molar-refractivity contribution in [3.8, 4) is 23.7 Å². The lowest BCUT2D eigenvalue weighted by Gasteiger charge is -2.17. The first-order chi connectivity index (χ1) is 14.6. The van der Waals surface area contributed by atoms with E-state index in [1.54, 1.807) is 24.3 Å². The summed E-state index contributed by atoms with van der Waals surface area (Å²) in [5.41, 5.74) is 1.85. The van der Waals surface area contributed by atoms with Crippen LogP contribution >= 0.6 is 0 Å². The van der Waals surface area contributed by atoms with E-state index in [1.807, 2.05) is 73.7 Å². The van der Waals surface area contributed by atoms with Crippen molar-refractivity contribution < 1.29 is 8.42 Å². The van der Waals surface area contributed by atoms with Crippen LogP contribution in [0.5, 0.6) is 0 Å². The second-order valence-electron chi connectivity index (χ2n) is 6.76. The molecule has 3 nitrogen and oxygen atoms in total. The summed E-state index contributed by atoms with van der Waals surface area (Å²) in [6.07, 6.45) is 11.7. The smallest absolute Gasteiger partial charge is 0.207 e. The van der Waals surface area contributed by atoms with Crippen molar-refractivity contribution >= 4 is 10.0 Å². The summed E-state index contributed by atoms with van der Waals surface area (Å²) < 4.78 is 27.7. The number of hydrogen-bond acceptors (Lipinski definition) is 2. The van der Waals surface area contributed by atoms with Crippen LogP contribution in [0.4, 0.5) is 0 Å². The standard InChI is InChI=1S/C26H23NO2S/c1-23-17-19-26(20-18-23)30(28,29)27(22-10-16-25-13-7-4-8-14-25)21-9-15-24-11-5-2-3-6-12-24/h2-8,11-14,17-20,24H,21-22H2,1H3. The van der Waals surface area contributed by atoms with E-state index in [-0.39, 0.29) is 23.9 Å². The minimum Gasteiger partial charge on any atom is -0.207 e. The van der Waals surface area contributed by atoms with Gasteiger partial charge in [-0.2, -0.15) is 4.31 Å². The van der Waals surface area contributed by atoms with Crippen LogP contribution in [0.2, 0.25) is 0 Å². The summed E-state index contributed by atoms with van der Waals surface area (Å²) >= 11 is 0. The van der Waals surface area contributed by atoms with Gasteiger partial charge in [0.2, 0.25) is 10.0 Å². The summed E-state index contributed by atoms with van der Waals surface area (Å²) in [6.45, 7) is 2.07. The van der Waals surface area contributed by atoms with Crippen molar-refractivity contribution in [3.05, 3.63) is 102 Å². The van der Waals surface area contributed by atoms with Crippen LogP contribution in [0.15, 0.2) is 95.9 Å². The number of nitrogens with zero attached hydrogens (tertiary/aromatic N) is 1. The molecule has 2 aromatic carbocycles. The molecule has 0 unspecified atom stereocenters. The fourth-order valence-corrected chi connectivity index (χ4v) is 3.99. The van der Waals surface area contributed by atoms with Gasteiger partial charge in [-0.05, 0) is 31.2 Å². The molecule has 0 bridgehead atoms. The molecule has 4 heteroatoms. The zero-order valence-corrected chi connectivity index (χ0v) is 17.6. The van der Waals surface area contributed by atoms with Gasteiger partial charge in [0, 0.05) is 5.56 Å². The maximum absolute atomic E-state index is 13.2. The molecule has 30 heavy (non-hydrogen) atoms. The molecule has 0 amide bonds. The average Bonchev–Trinajstić information content (AvgIpc) is 3.02. The van der Waals surface area contributed by atoms with E-state index in [9.17, 15) is 8.42 Å². The Morgan fingerprint density at radius 1 is 0.833 bits per heavy atom. The molecule has 0 atom stereocenters. The number of aryl methyl sites for hydroxylation is 1. The Kier molecular flexibility index (Phi) is 7.46. The monoisotopic (exact) mass is 413 g/mol. The molecule has 0 aliphatic heterocycles. The maximum atomic E-state index is 13.2. The van der Waals surface area contributed by atoms with Crippen molar-refractivity contribution in [1.29, 1.82) is 0 Å². The van der Waals surface area contributed by atoms with Crippen molar-refractivity contribution in [2.45, 2.75) is 11.8 Å². The predicted molar refractivity (Wildman–Crippen MR) is 122 cm³/mol. The van der Waals surface area contributed by atoms with Crippen LogP contribution in [0.3, 0.4) is 0 Å². The summed E-state index contributed by atoms with van der Waals surface area (Å²) in [7, 11) is -3.70. The van der Waals surface area contributed by atoms with Crippen LogP contribution in [0.1, 0.15) is 11.1 Å². The fraction of sp³-hybridized carbons (Fsp3) is 0.154. The van der Waals surface area contributed by atoms with E-state index in [0.717, 1.165) is 11.1 Å². The van der Waals surface area contributed by atoms with Crippen molar-refractivity contribution in [3.63, 3.8) is 0 Å². The van der Waals surface area contributed by atoms with Gasteiger partial charge < -0.3 is 0 Å². The summed E-state index contributed by atoms with van der Waals surface area (Å²) in [6, 6.07) is 16.3. The highest BCUT2D eigenvalue weighted by atomic mass is 32.2. The number of sulfonamides is 1. The Balaban J connectivity index is 1.83. The molecule has 0 aromatic heterocycles. The van der Waals surface area contributed by atoms with E-state index in [1.165, 1.54) is 4.31 Å². The predicted octanol–water partition coefficient (Wildman–Crippen LogP) is 4.34. The third kappa shape index (κ3) is 6.09. The van der Waals surface area contributed by atoms with Gasteiger partial charge in [0.15, 0.2) is 0 Å². The first kappa shape index (κ1) is 21.4. The van der Waals surface area contributed by atoms with Crippen LogP contribution in [0, 0.1) is 36.5 Å². The van der Waals surface area contributed by atoms with E-state index in [0.29, 0.717) is 0 Å². The van der Waals surface area contributed by atoms with Crippen LogP contribution in [0.25, 0.3) is 0 Å². The molecule has 1 aliphatic carbocycles. The highest BCUT2D eigenvalue weighted by Gasteiger charge is 2.22. The molecule has 2 aromatic rings. The van der Waals surface area contributed by atoms with Crippen molar-refractivity contribution in [1.82, 2.24) is 4.31 Å². The minimum atomic E-state index is -3.70. The number of allylic oxidation sites excluding steroid dienone is 6. The zero-order chi connectivity index (χ0) is 21.2. The average molecular weight is 414 g/mol. The third-order valence-corrected chi connectivity index (χ3v) is 6.22. The first-order valence-electron chi connectivity index (χ1n) is 9.66. The van der Waals surface area contributed by atoms with Gasteiger partial charge in [-0.25, -0.2) is 8.42 Å². The van der Waals surface area contributed by atoms with Gasteiger partial charge in [-0.3, -0.25) is 0 Å². The SMILES string of the molecule is Cc1ccc(S(=O)(=O)N(CC#Cc2ccccc2)CC#CC2C=CC=CC=C2)cc1. The van der Waals surface area contributed by atoms with Crippen LogP contribution in [-0.4, -0.2) is 25.8 Å². The van der Waals surface area contributed by atoms with Crippen molar-refractivity contribution in [2.24, 2.45) is 5.92 Å². The Morgan fingerprint density at radius 3 is 2.13 bits per heavy atom. The highest BCUT2D eigenvalue weighted by molar-refractivity contribution is 7.89. The molecule has 3 rings (SSSR count). The molecule has 0 N–H and O–H groups in total. The lowest BCUT2D eigenvalue weighted by atomic mass is 10.1. The second kappa shape index (κ2) is 10.5. The van der Waals surface area contributed by atoms with E-state index in [2.05, 4.69) is 23.7 Å². The normalized spacial score (nSPS) is 13.3. The van der Waals surface area contributed by atoms with E-state index < -0.39 is 10.0 Å². The first-order valence-corrected chi connectivity index (χ1v) is 11.1. The number of hydrogen-bond donors (Lipinski definition) is 0. The van der Waals surface area contributed by atoms with Gasteiger partial charge in [0.1, 0.15) is 0 Å². The van der Waals surface area contributed by atoms with Gasteiger partial charge in [0.25, 0.3) is 0 Å². The number of benzene rings is 2. The minimum absolute atomic E-state index is 0.0423. The molecule has 0 saturated carbocycles. The summed E-state index contributed by atoms with van der Waals surface area (Å²) in [5.74, 6) is 12.1. The Labute approximate surface area is 179 Å². The molecule has 0 heterocycles. The van der Waals surface area contributed by atoms with Gasteiger partial charge >= 0.3 is 0 Å².